The molecule has 0 aliphatic heterocycles. The Balaban J connectivity index is 1.93. The lowest BCUT2D eigenvalue weighted by Gasteiger charge is -2.24. The van der Waals surface area contributed by atoms with Crippen LogP contribution in [0.25, 0.3) is 0 Å². The monoisotopic (exact) mass is 442 g/mol. The van der Waals surface area contributed by atoms with Gasteiger partial charge < -0.3 is 10.1 Å². The molecule has 0 unspecified atom stereocenters. The van der Waals surface area contributed by atoms with Crippen LogP contribution in [0.3, 0.4) is 0 Å². The molecule has 0 radical (unpaired) electrons. The third-order valence-electron chi connectivity index (χ3n) is 4.34. The molecule has 1 N–H and O–H groups in total. The van der Waals surface area contributed by atoms with E-state index in [1.54, 1.807) is 30.3 Å². The van der Waals surface area contributed by atoms with Crippen LogP contribution in [0.15, 0.2) is 83.8 Å². The zero-order chi connectivity index (χ0) is 22.4. The average molecular weight is 442 g/mol. The number of carbonyl (C=O) groups is 2. The van der Waals surface area contributed by atoms with Gasteiger partial charge in [-0.25, -0.2) is 17.6 Å². The summed E-state index contributed by atoms with van der Waals surface area (Å²) in [5.74, 6) is -1.90. The lowest BCUT2D eigenvalue weighted by molar-refractivity contribution is -0.114. The van der Waals surface area contributed by atoms with Gasteiger partial charge in [0.1, 0.15) is 12.4 Å². The number of esters is 1. The van der Waals surface area contributed by atoms with E-state index < -0.39 is 34.3 Å². The lowest BCUT2D eigenvalue weighted by Crippen LogP contribution is -2.38. The summed E-state index contributed by atoms with van der Waals surface area (Å²) in [5.41, 5.74) is 0.570. The Morgan fingerprint density at radius 1 is 0.935 bits per heavy atom. The summed E-state index contributed by atoms with van der Waals surface area (Å²) in [6.07, 6.45) is 0. The average Bonchev–Trinajstić information content (AvgIpc) is 2.78. The summed E-state index contributed by atoms with van der Waals surface area (Å²) in [6, 6.07) is 18.6. The Bertz CT molecular complexity index is 1180. The Hall–Kier alpha value is -3.72. The van der Waals surface area contributed by atoms with Crippen molar-refractivity contribution < 1.29 is 27.1 Å². The van der Waals surface area contributed by atoms with Crippen LogP contribution in [0.5, 0.6) is 0 Å². The number of para-hydroxylation sites is 2. The van der Waals surface area contributed by atoms with Crippen LogP contribution in [-0.2, 0) is 19.6 Å². The standard InChI is InChI=1S/C22H19FN2O5S/c1-30-22(27)19-9-5-6-10-20(19)24-21(26)15-25(17-7-3-2-4-8-17)31(28,29)18-13-11-16(23)12-14-18/h2-14H,15H2,1H3,(H,24,26). The highest BCUT2D eigenvalue weighted by Gasteiger charge is 2.27. The van der Waals surface area contributed by atoms with Crippen molar-refractivity contribution >= 4 is 33.3 Å². The molecule has 1 amide bonds. The van der Waals surface area contributed by atoms with Crippen LogP contribution < -0.4 is 9.62 Å². The fourth-order valence-corrected chi connectivity index (χ4v) is 4.26. The van der Waals surface area contributed by atoms with Crippen LogP contribution in [-0.4, -0.2) is 33.9 Å². The number of rotatable bonds is 7. The molecule has 0 aliphatic carbocycles. The molecule has 0 aromatic heterocycles. The predicted molar refractivity (Wildman–Crippen MR) is 114 cm³/mol. The molecule has 0 heterocycles. The van der Waals surface area contributed by atoms with Gasteiger partial charge in [-0.15, -0.1) is 0 Å². The minimum absolute atomic E-state index is 0.131. The van der Waals surface area contributed by atoms with Gasteiger partial charge in [-0.3, -0.25) is 9.10 Å². The van der Waals surface area contributed by atoms with Crippen LogP contribution in [0.1, 0.15) is 10.4 Å². The topological polar surface area (TPSA) is 92.8 Å². The van der Waals surface area contributed by atoms with Crippen LogP contribution in [0.4, 0.5) is 15.8 Å². The van der Waals surface area contributed by atoms with E-state index >= 15 is 0 Å². The van der Waals surface area contributed by atoms with E-state index in [0.29, 0.717) is 0 Å². The zero-order valence-electron chi connectivity index (χ0n) is 16.5. The van der Waals surface area contributed by atoms with E-state index in [1.807, 2.05) is 0 Å². The molecule has 3 aromatic rings. The Morgan fingerprint density at radius 3 is 2.19 bits per heavy atom. The van der Waals surface area contributed by atoms with E-state index in [-0.39, 0.29) is 21.8 Å². The van der Waals surface area contributed by atoms with Crippen molar-refractivity contribution in [3.05, 3.63) is 90.2 Å². The van der Waals surface area contributed by atoms with Crippen molar-refractivity contribution in [2.75, 3.05) is 23.3 Å². The predicted octanol–water partition coefficient (Wildman–Crippen LogP) is 3.45. The molecule has 9 heteroatoms. The third kappa shape index (κ3) is 5.07. The summed E-state index contributed by atoms with van der Waals surface area (Å²) in [5, 5.41) is 2.55. The minimum atomic E-state index is -4.18. The molecule has 31 heavy (non-hydrogen) atoms. The highest BCUT2D eigenvalue weighted by atomic mass is 32.2. The normalized spacial score (nSPS) is 10.9. The van der Waals surface area contributed by atoms with E-state index in [9.17, 15) is 22.4 Å². The van der Waals surface area contributed by atoms with Crippen molar-refractivity contribution in [3.63, 3.8) is 0 Å². The lowest BCUT2D eigenvalue weighted by atomic mass is 10.2. The molecule has 160 valence electrons. The second-order valence-corrected chi connectivity index (χ2v) is 8.25. The molecule has 0 saturated carbocycles. The molecule has 0 bridgehead atoms. The summed E-state index contributed by atoms with van der Waals surface area (Å²) in [6.45, 7) is -0.570. The molecule has 7 nitrogen and oxygen atoms in total. The van der Waals surface area contributed by atoms with E-state index in [2.05, 4.69) is 5.32 Å². The van der Waals surface area contributed by atoms with Crippen LogP contribution in [0.2, 0.25) is 0 Å². The van der Waals surface area contributed by atoms with Crippen molar-refractivity contribution in [1.29, 1.82) is 0 Å². The summed E-state index contributed by atoms with van der Waals surface area (Å²) in [4.78, 5) is 24.5. The number of hydrogen-bond donors (Lipinski definition) is 1. The van der Waals surface area contributed by atoms with Gasteiger partial charge in [0, 0.05) is 0 Å². The first-order chi connectivity index (χ1) is 14.8. The van der Waals surface area contributed by atoms with Gasteiger partial charge in [-0.2, -0.15) is 0 Å². The highest BCUT2D eigenvalue weighted by molar-refractivity contribution is 7.92. The van der Waals surface area contributed by atoms with Gasteiger partial charge in [-0.05, 0) is 48.5 Å². The van der Waals surface area contributed by atoms with Crippen LogP contribution >= 0.6 is 0 Å². The summed E-state index contributed by atoms with van der Waals surface area (Å²) in [7, 11) is -2.96. The number of carbonyl (C=O) groups excluding carboxylic acids is 2. The minimum Gasteiger partial charge on any atom is -0.465 e. The Labute approximate surface area is 179 Å². The Morgan fingerprint density at radius 2 is 1.55 bits per heavy atom. The molecule has 0 fully saturated rings. The number of hydrogen-bond acceptors (Lipinski definition) is 5. The fraction of sp³-hybridized carbons (Fsp3) is 0.0909. The SMILES string of the molecule is COC(=O)c1ccccc1NC(=O)CN(c1ccccc1)S(=O)(=O)c1ccc(F)cc1. The fourth-order valence-electron chi connectivity index (χ4n) is 2.84. The number of nitrogens with zero attached hydrogens (tertiary/aromatic N) is 1. The maximum absolute atomic E-state index is 13.3. The van der Waals surface area contributed by atoms with Gasteiger partial charge in [0.2, 0.25) is 5.91 Å². The maximum Gasteiger partial charge on any atom is 0.339 e. The molecular formula is C22H19FN2O5S. The number of benzene rings is 3. The number of amides is 1. The molecular weight excluding hydrogens is 423 g/mol. The first-order valence-corrected chi connectivity index (χ1v) is 10.6. The molecule has 0 saturated heterocycles. The highest BCUT2D eigenvalue weighted by Crippen LogP contribution is 2.24. The quantitative estimate of drug-likeness (QED) is 0.566. The largest absolute Gasteiger partial charge is 0.465 e. The first-order valence-electron chi connectivity index (χ1n) is 9.13. The van der Waals surface area contributed by atoms with E-state index in [1.165, 1.54) is 31.4 Å². The first kappa shape index (κ1) is 22.0. The molecule has 0 aliphatic rings. The molecule has 0 spiro atoms. The number of sulfonamides is 1. The third-order valence-corrected chi connectivity index (χ3v) is 6.13. The van der Waals surface area contributed by atoms with Gasteiger partial charge in [0.15, 0.2) is 0 Å². The second-order valence-electron chi connectivity index (χ2n) is 6.39. The number of methoxy groups -OCH3 is 1. The maximum atomic E-state index is 13.3. The van der Waals surface area contributed by atoms with Crippen molar-refractivity contribution in [3.8, 4) is 0 Å². The number of ether oxygens (including phenoxy) is 1. The number of anilines is 2. The van der Waals surface area contributed by atoms with E-state index in [0.717, 1.165) is 28.6 Å². The zero-order valence-corrected chi connectivity index (χ0v) is 17.3. The number of halogens is 1. The summed E-state index contributed by atoms with van der Waals surface area (Å²) < 4.78 is 45.3. The molecule has 3 rings (SSSR count). The van der Waals surface area contributed by atoms with Crippen molar-refractivity contribution in [2.45, 2.75) is 4.90 Å². The van der Waals surface area contributed by atoms with Crippen molar-refractivity contribution in [2.24, 2.45) is 0 Å². The van der Waals surface area contributed by atoms with Crippen LogP contribution in [0, 0.1) is 5.82 Å². The van der Waals surface area contributed by atoms with E-state index in [4.69, 9.17) is 4.74 Å². The molecule has 3 aromatic carbocycles. The van der Waals surface area contributed by atoms with Gasteiger partial charge >= 0.3 is 5.97 Å². The van der Waals surface area contributed by atoms with Gasteiger partial charge in [0.25, 0.3) is 10.0 Å². The molecule has 0 atom stereocenters. The van der Waals surface area contributed by atoms with Crippen molar-refractivity contribution in [1.82, 2.24) is 0 Å². The Kier molecular flexibility index (Phi) is 6.66. The summed E-state index contributed by atoms with van der Waals surface area (Å²) >= 11 is 0. The van der Waals surface area contributed by atoms with Gasteiger partial charge in [0.05, 0.1) is 28.9 Å². The second kappa shape index (κ2) is 9.40. The smallest absolute Gasteiger partial charge is 0.339 e. The number of nitrogens with one attached hydrogen (secondary N) is 1. The van der Waals surface area contributed by atoms with Gasteiger partial charge in [-0.1, -0.05) is 30.3 Å².